The number of nitrogens with two attached hydrogens (primary N) is 1. The molecule has 5 N–H and O–H groups in total. The molecule has 51 heavy (non-hydrogen) atoms. The van der Waals surface area contributed by atoms with Crippen molar-refractivity contribution in [3.8, 4) is 10.4 Å². The quantitative estimate of drug-likeness (QED) is 0.122. The molecule has 0 radical (unpaired) electrons. The summed E-state index contributed by atoms with van der Waals surface area (Å²) in [4.78, 5) is 46.7. The minimum Gasteiger partial charge on any atom is -0.391 e. The van der Waals surface area contributed by atoms with Crippen LogP contribution in [0.2, 0.25) is 0 Å². The third-order valence-corrected chi connectivity index (χ3v) is 8.91. The molecule has 1 aliphatic heterocycles. The normalized spacial score (nSPS) is 16.5. The van der Waals surface area contributed by atoms with Crippen LogP contribution in [0.1, 0.15) is 44.9 Å². The van der Waals surface area contributed by atoms with E-state index in [1.54, 1.807) is 11.3 Å². The summed E-state index contributed by atoms with van der Waals surface area (Å²) >= 11 is 1.58. The number of rotatable bonds is 23. The van der Waals surface area contributed by atoms with Crippen molar-refractivity contribution >= 4 is 41.5 Å². The highest BCUT2D eigenvalue weighted by molar-refractivity contribution is 7.13. The van der Waals surface area contributed by atoms with Crippen molar-refractivity contribution in [3.63, 3.8) is 0 Å². The fourth-order valence-corrected chi connectivity index (χ4v) is 6.06. The van der Waals surface area contributed by atoms with Gasteiger partial charge in [-0.15, -0.1) is 23.7 Å². The number of aliphatic hydroxyl groups is 1. The van der Waals surface area contributed by atoms with Gasteiger partial charge in [-0.3, -0.25) is 14.4 Å². The second-order valence-corrected chi connectivity index (χ2v) is 13.9. The topological polar surface area (TPSA) is 184 Å². The number of aromatic nitrogens is 1. The Morgan fingerprint density at radius 1 is 0.941 bits per heavy atom. The molecule has 288 valence electrons. The molecule has 0 spiro atoms. The number of amides is 3. The zero-order valence-corrected chi connectivity index (χ0v) is 31.9. The maximum Gasteiger partial charge on any atom is 0.246 e. The average molecular weight is 758 g/mol. The number of thiazole rings is 1. The van der Waals surface area contributed by atoms with Crippen LogP contribution in [0.3, 0.4) is 0 Å². The van der Waals surface area contributed by atoms with Gasteiger partial charge < -0.3 is 50.1 Å². The Bertz CT molecular complexity index is 1310. The van der Waals surface area contributed by atoms with Crippen LogP contribution < -0.4 is 16.4 Å². The molecule has 0 unspecified atom stereocenters. The number of benzene rings is 1. The lowest BCUT2D eigenvalue weighted by atomic mass is 9.85. The van der Waals surface area contributed by atoms with E-state index in [-0.39, 0.29) is 56.8 Å². The minimum absolute atomic E-state index is 0. The first kappa shape index (κ1) is 44.4. The molecule has 3 atom stereocenters. The molecular formula is C35H56ClN5O9S. The first-order valence-electron chi connectivity index (χ1n) is 17.1. The fraction of sp³-hybridized carbons (Fsp3) is 0.657. The predicted octanol–water partition coefficient (Wildman–Crippen LogP) is 2.08. The molecule has 16 heteroatoms. The number of carbonyl (C=O) groups excluding carboxylic acids is 3. The highest BCUT2D eigenvalue weighted by Crippen LogP contribution is 2.28. The van der Waals surface area contributed by atoms with Gasteiger partial charge >= 0.3 is 0 Å². The zero-order chi connectivity index (χ0) is 36.4. The Labute approximate surface area is 311 Å². The van der Waals surface area contributed by atoms with Crippen LogP contribution in [0.15, 0.2) is 29.8 Å². The van der Waals surface area contributed by atoms with Crippen LogP contribution in [-0.2, 0) is 44.6 Å². The molecule has 1 aromatic carbocycles. The van der Waals surface area contributed by atoms with E-state index in [0.717, 1.165) is 21.7 Å². The summed E-state index contributed by atoms with van der Waals surface area (Å²) < 4.78 is 27.1. The van der Waals surface area contributed by atoms with E-state index < -0.39 is 29.5 Å². The number of β-amino-alcohol motifs (C(OH)–C–C–N with tert-alkyl or cyclic N) is 1. The summed E-state index contributed by atoms with van der Waals surface area (Å²) in [5.41, 5.74) is 9.44. The Morgan fingerprint density at radius 3 is 2.00 bits per heavy atom. The van der Waals surface area contributed by atoms with Crippen LogP contribution in [-0.4, -0.2) is 130 Å². The van der Waals surface area contributed by atoms with Crippen LogP contribution in [0.25, 0.3) is 10.4 Å². The molecule has 2 aromatic rings. The van der Waals surface area contributed by atoms with Crippen molar-refractivity contribution in [1.29, 1.82) is 0 Å². The van der Waals surface area contributed by atoms with Crippen molar-refractivity contribution in [2.24, 2.45) is 11.1 Å². The van der Waals surface area contributed by atoms with Crippen LogP contribution >= 0.6 is 23.7 Å². The van der Waals surface area contributed by atoms with E-state index in [4.69, 9.17) is 29.4 Å². The van der Waals surface area contributed by atoms with E-state index in [0.29, 0.717) is 66.0 Å². The van der Waals surface area contributed by atoms with Crippen molar-refractivity contribution in [3.05, 3.63) is 41.0 Å². The van der Waals surface area contributed by atoms with E-state index in [9.17, 15) is 19.5 Å². The summed E-state index contributed by atoms with van der Waals surface area (Å²) in [6, 6.07) is 6.12. The number of aliphatic hydroxyl groups excluding tert-OH is 1. The molecule has 2 heterocycles. The van der Waals surface area contributed by atoms with Gasteiger partial charge in [0.25, 0.3) is 0 Å². The lowest BCUT2D eigenvalue weighted by Crippen LogP contribution is -2.57. The number of nitrogens with zero attached hydrogens (tertiary/aromatic N) is 2. The first-order chi connectivity index (χ1) is 24.0. The van der Waals surface area contributed by atoms with E-state index in [2.05, 4.69) is 15.6 Å². The van der Waals surface area contributed by atoms with Gasteiger partial charge in [-0.25, -0.2) is 4.98 Å². The highest BCUT2D eigenvalue weighted by atomic mass is 35.5. The molecule has 1 saturated heterocycles. The lowest BCUT2D eigenvalue weighted by molar-refractivity contribution is -0.144. The van der Waals surface area contributed by atoms with Gasteiger partial charge in [-0.2, -0.15) is 0 Å². The van der Waals surface area contributed by atoms with Crippen molar-refractivity contribution in [1.82, 2.24) is 20.5 Å². The fourth-order valence-electron chi connectivity index (χ4n) is 5.24. The number of halogens is 1. The molecule has 0 aliphatic carbocycles. The van der Waals surface area contributed by atoms with E-state index in [1.165, 1.54) is 4.90 Å². The number of nitrogens with one attached hydrogen (secondary N) is 2. The van der Waals surface area contributed by atoms with Gasteiger partial charge in [0.1, 0.15) is 12.1 Å². The summed E-state index contributed by atoms with van der Waals surface area (Å²) in [6.07, 6.45) is -0.677. The van der Waals surface area contributed by atoms with Gasteiger partial charge in [0.2, 0.25) is 17.7 Å². The summed E-state index contributed by atoms with van der Waals surface area (Å²) in [6.45, 7) is 12.4. The van der Waals surface area contributed by atoms with E-state index >= 15 is 0 Å². The minimum atomic E-state index is -0.906. The molecule has 3 amide bonds. The lowest BCUT2D eigenvalue weighted by Gasteiger charge is -2.35. The van der Waals surface area contributed by atoms with Gasteiger partial charge in [0.05, 0.1) is 88.3 Å². The van der Waals surface area contributed by atoms with Crippen molar-refractivity contribution < 1.29 is 43.2 Å². The first-order valence-corrected chi connectivity index (χ1v) is 18.0. The molecule has 1 aromatic heterocycles. The summed E-state index contributed by atoms with van der Waals surface area (Å²) in [7, 11) is 0. The molecule has 0 saturated carbocycles. The number of carbonyl (C=O) groups is 3. The van der Waals surface area contributed by atoms with Gasteiger partial charge in [-0.05, 0) is 23.5 Å². The molecule has 14 nitrogen and oxygen atoms in total. The van der Waals surface area contributed by atoms with Crippen LogP contribution in [0.4, 0.5) is 0 Å². The molecule has 1 aliphatic rings. The number of likely N-dealkylation sites (tertiary alicyclic amines) is 1. The monoisotopic (exact) mass is 757 g/mol. The van der Waals surface area contributed by atoms with Crippen molar-refractivity contribution in [2.45, 2.75) is 65.3 Å². The second-order valence-electron chi connectivity index (χ2n) is 13.0. The molecule has 0 bridgehead atoms. The third kappa shape index (κ3) is 15.8. The van der Waals surface area contributed by atoms with E-state index in [1.807, 2.05) is 57.5 Å². The number of hydrogen-bond donors (Lipinski definition) is 4. The third-order valence-electron chi connectivity index (χ3n) is 7.94. The Morgan fingerprint density at radius 2 is 1.49 bits per heavy atom. The molecular weight excluding hydrogens is 702 g/mol. The zero-order valence-electron chi connectivity index (χ0n) is 30.2. The maximum atomic E-state index is 13.8. The maximum absolute atomic E-state index is 13.8. The number of hydrogen-bond acceptors (Lipinski definition) is 12. The predicted molar refractivity (Wildman–Crippen MR) is 197 cm³/mol. The second kappa shape index (κ2) is 23.8. The molecule has 1 fully saturated rings. The standard InChI is InChI=1S/C35H55N5O9S.ClH/c1-25-31(50-24-38-25)27-7-5-26(6-8-27)22-37-33(43)29-21-28(41)23-40(29)34(44)32(35(2,3)4)39-30(42)9-11-45-13-15-47-17-19-49-20-18-48-16-14-46-12-10-36;/h5-8,24,28-29,32,41H,9-23,36H2,1-4H3,(H,37,43)(H,39,42);1H/t28-,29+,32-;/m1./s1. The number of aryl methyl sites for hydroxylation is 1. The van der Waals surface area contributed by atoms with Crippen LogP contribution in [0.5, 0.6) is 0 Å². The highest BCUT2D eigenvalue weighted by Gasteiger charge is 2.44. The smallest absolute Gasteiger partial charge is 0.246 e. The largest absolute Gasteiger partial charge is 0.391 e. The van der Waals surface area contributed by atoms with Gasteiger partial charge in [-0.1, -0.05) is 45.0 Å². The summed E-state index contributed by atoms with van der Waals surface area (Å²) in [5.74, 6) is -1.11. The van der Waals surface area contributed by atoms with Crippen LogP contribution in [0, 0.1) is 12.3 Å². The Hall–Kier alpha value is -2.73. The molecule has 3 rings (SSSR count). The number of ether oxygens (including phenoxy) is 5. The summed E-state index contributed by atoms with van der Waals surface area (Å²) in [5, 5.41) is 16.2. The Balaban J connectivity index is 0.00000901. The average Bonchev–Trinajstić information content (AvgIpc) is 3.70. The van der Waals surface area contributed by atoms with Gasteiger partial charge in [0, 0.05) is 32.5 Å². The SMILES string of the molecule is Cc1ncsc1-c1ccc(CNC(=O)[C@@H]2C[C@@H](O)CN2C(=O)[C@@H](NC(=O)CCOCCOCCOCCOCCOCCN)C(C)(C)C)cc1.Cl. The van der Waals surface area contributed by atoms with Gasteiger partial charge in [0.15, 0.2) is 0 Å². The Kier molecular flexibility index (Phi) is 20.7. The van der Waals surface area contributed by atoms with Crippen molar-refractivity contribution in [2.75, 3.05) is 79.2 Å².